The van der Waals surface area contributed by atoms with Gasteiger partial charge >= 0.3 is 0 Å². The predicted octanol–water partition coefficient (Wildman–Crippen LogP) is 3.82. The number of aromatic hydroxyl groups is 1. The minimum Gasteiger partial charge on any atom is -0.508 e. The van der Waals surface area contributed by atoms with Crippen LogP contribution in [0.1, 0.15) is 29.6 Å². The number of hydrogen-bond acceptors (Lipinski definition) is 2. The van der Waals surface area contributed by atoms with Crippen molar-refractivity contribution in [3.05, 3.63) is 53.8 Å². The number of carbonyl (C=O) groups excluding carboxylic acids is 1. The smallest absolute Gasteiger partial charge is 0.253 e. The fraction of sp³-hybridized carbons (Fsp3) is 0.278. The second-order valence-electron chi connectivity index (χ2n) is 5.59. The Morgan fingerprint density at radius 2 is 1.68 bits per heavy atom. The maximum absolute atomic E-state index is 13.9. The predicted molar refractivity (Wildman–Crippen MR) is 83.3 cm³/mol. The number of carbonyl (C=O) groups is 1. The molecule has 0 aromatic heterocycles. The summed E-state index contributed by atoms with van der Waals surface area (Å²) in [7, 11) is 0. The number of hydrogen-bond donors (Lipinski definition) is 1. The molecule has 3 nitrogen and oxygen atoms in total. The molecule has 0 atom stereocenters. The number of halogens is 1. The van der Waals surface area contributed by atoms with E-state index in [1.165, 1.54) is 18.6 Å². The summed E-state index contributed by atoms with van der Waals surface area (Å²) in [5.74, 6) is -0.536. The van der Waals surface area contributed by atoms with Gasteiger partial charge in [0, 0.05) is 30.3 Å². The van der Waals surface area contributed by atoms with E-state index < -0.39 is 5.82 Å². The lowest BCUT2D eigenvalue weighted by molar-refractivity contribution is 0.0724. The molecule has 0 bridgehead atoms. The summed E-state index contributed by atoms with van der Waals surface area (Å²) in [5, 5.41) is 9.26. The number of nitrogens with zero attached hydrogens (tertiary/aromatic N) is 1. The first-order chi connectivity index (χ1) is 10.6. The van der Waals surface area contributed by atoms with Crippen LogP contribution in [-0.4, -0.2) is 29.0 Å². The highest BCUT2D eigenvalue weighted by Gasteiger charge is 2.18. The second-order valence-corrected chi connectivity index (χ2v) is 5.59. The number of rotatable bonds is 2. The van der Waals surface area contributed by atoms with Crippen LogP contribution in [-0.2, 0) is 0 Å². The van der Waals surface area contributed by atoms with Gasteiger partial charge in [-0.1, -0.05) is 12.1 Å². The first kappa shape index (κ1) is 14.6. The second kappa shape index (κ2) is 6.18. The van der Waals surface area contributed by atoms with E-state index >= 15 is 0 Å². The standard InChI is InChI=1S/C18H18FNO2/c19-17-12-15(21)8-9-16(17)13-4-6-14(7-5-13)18(22)20-10-2-1-3-11-20/h4-9,12,21H,1-3,10-11H2. The molecule has 22 heavy (non-hydrogen) atoms. The molecule has 1 saturated heterocycles. The number of piperidine rings is 1. The Kier molecular flexibility index (Phi) is 4.09. The molecule has 0 saturated carbocycles. The first-order valence-corrected chi connectivity index (χ1v) is 7.53. The number of phenols is 1. The molecule has 0 radical (unpaired) electrons. The fourth-order valence-electron chi connectivity index (χ4n) is 2.81. The van der Waals surface area contributed by atoms with Gasteiger partial charge in [0.15, 0.2) is 0 Å². The van der Waals surface area contributed by atoms with E-state index in [9.17, 15) is 14.3 Å². The van der Waals surface area contributed by atoms with E-state index in [0.717, 1.165) is 32.0 Å². The van der Waals surface area contributed by atoms with Crippen LogP contribution < -0.4 is 0 Å². The molecule has 2 aromatic carbocycles. The van der Waals surface area contributed by atoms with Gasteiger partial charge in [0.1, 0.15) is 11.6 Å². The third-order valence-electron chi connectivity index (χ3n) is 4.04. The number of likely N-dealkylation sites (tertiary alicyclic amines) is 1. The lowest BCUT2D eigenvalue weighted by Crippen LogP contribution is -2.35. The molecule has 1 amide bonds. The molecule has 114 valence electrons. The van der Waals surface area contributed by atoms with E-state index in [1.807, 2.05) is 4.90 Å². The molecule has 2 aromatic rings. The average Bonchev–Trinajstić information content (AvgIpc) is 2.55. The minimum absolute atomic E-state index is 0.0393. The van der Waals surface area contributed by atoms with Crippen LogP contribution in [0.15, 0.2) is 42.5 Å². The largest absolute Gasteiger partial charge is 0.508 e. The molecule has 0 spiro atoms. The Morgan fingerprint density at radius 3 is 2.32 bits per heavy atom. The van der Waals surface area contributed by atoms with E-state index in [1.54, 1.807) is 24.3 Å². The number of benzene rings is 2. The summed E-state index contributed by atoms with van der Waals surface area (Å²) in [4.78, 5) is 14.3. The first-order valence-electron chi connectivity index (χ1n) is 7.53. The minimum atomic E-state index is -0.477. The zero-order valence-electron chi connectivity index (χ0n) is 12.3. The van der Waals surface area contributed by atoms with Crippen LogP contribution in [0.25, 0.3) is 11.1 Å². The maximum atomic E-state index is 13.9. The van der Waals surface area contributed by atoms with Crippen LogP contribution in [0.3, 0.4) is 0 Å². The molecule has 1 heterocycles. The van der Waals surface area contributed by atoms with E-state index in [-0.39, 0.29) is 11.7 Å². The van der Waals surface area contributed by atoms with Crippen LogP contribution in [0, 0.1) is 5.82 Å². The van der Waals surface area contributed by atoms with Crippen LogP contribution in [0.2, 0.25) is 0 Å². The molecule has 4 heteroatoms. The summed E-state index contributed by atoms with van der Waals surface area (Å²) < 4.78 is 13.9. The lowest BCUT2D eigenvalue weighted by atomic mass is 10.0. The highest BCUT2D eigenvalue weighted by molar-refractivity contribution is 5.94. The maximum Gasteiger partial charge on any atom is 0.253 e. The van der Waals surface area contributed by atoms with Crippen molar-refractivity contribution in [2.45, 2.75) is 19.3 Å². The van der Waals surface area contributed by atoms with Crippen molar-refractivity contribution >= 4 is 5.91 Å². The number of phenolic OH excluding ortho intramolecular Hbond substituents is 1. The Bertz CT molecular complexity index is 676. The molecule has 1 N–H and O–H groups in total. The van der Waals surface area contributed by atoms with Gasteiger partial charge < -0.3 is 10.0 Å². The van der Waals surface area contributed by atoms with Crippen molar-refractivity contribution < 1.29 is 14.3 Å². The van der Waals surface area contributed by atoms with Gasteiger partial charge in [-0.05, 0) is 49.1 Å². The fourth-order valence-corrected chi connectivity index (χ4v) is 2.81. The van der Waals surface area contributed by atoms with Crippen molar-refractivity contribution in [1.82, 2.24) is 4.90 Å². The average molecular weight is 299 g/mol. The number of amides is 1. The third-order valence-corrected chi connectivity index (χ3v) is 4.04. The SMILES string of the molecule is O=C(c1ccc(-c2ccc(O)cc2F)cc1)N1CCCCC1. The summed E-state index contributed by atoms with van der Waals surface area (Å²) in [6.45, 7) is 1.63. The monoisotopic (exact) mass is 299 g/mol. The molecular weight excluding hydrogens is 281 g/mol. The van der Waals surface area contributed by atoms with Gasteiger partial charge in [0.2, 0.25) is 0 Å². The van der Waals surface area contributed by atoms with E-state index in [4.69, 9.17) is 0 Å². The topological polar surface area (TPSA) is 40.5 Å². The van der Waals surface area contributed by atoms with Crippen LogP contribution in [0.4, 0.5) is 4.39 Å². The molecule has 0 aliphatic carbocycles. The molecule has 1 aliphatic rings. The molecule has 1 fully saturated rings. The van der Waals surface area contributed by atoms with Gasteiger partial charge in [-0.3, -0.25) is 4.79 Å². The van der Waals surface area contributed by atoms with E-state index in [0.29, 0.717) is 16.7 Å². The molecule has 1 aliphatic heterocycles. The van der Waals surface area contributed by atoms with Gasteiger partial charge in [-0.2, -0.15) is 0 Å². The van der Waals surface area contributed by atoms with E-state index in [2.05, 4.69) is 0 Å². The Hall–Kier alpha value is -2.36. The zero-order chi connectivity index (χ0) is 15.5. The van der Waals surface area contributed by atoms with Gasteiger partial charge in [0.05, 0.1) is 0 Å². The van der Waals surface area contributed by atoms with Crippen molar-refractivity contribution in [1.29, 1.82) is 0 Å². The molecular formula is C18H18FNO2. The van der Waals surface area contributed by atoms with Gasteiger partial charge in [-0.25, -0.2) is 4.39 Å². The highest BCUT2D eigenvalue weighted by atomic mass is 19.1. The van der Waals surface area contributed by atoms with Crippen molar-refractivity contribution in [2.24, 2.45) is 0 Å². The Balaban J connectivity index is 1.81. The van der Waals surface area contributed by atoms with Crippen LogP contribution in [0.5, 0.6) is 5.75 Å². The van der Waals surface area contributed by atoms with Crippen molar-refractivity contribution in [3.63, 3.8) is 0 Å². The quantitative estimate of drug-likeness (QED) is 0.915. The Labute approximate surface area is 129 Å². The molecule has 3 rings (SSSR count). The van der Waals surface area contributed by atoms with Crippen LogP contribution >= 0.6 is 0 Å². The van der Waals surface area contributed by atoms with Gasteiger partial charge in [-0.15, -0.1) is 0 Å². The molecule has 0 unspecified atom stereocenters. The summed E-state index contributed by atoms with van der Waals surface area (Å²) in [6.07, 6.45) is 3.30. The van der Waals surface area contributed by atoms with Crippen molar-refractivity contribution in [2.75, 3.05) is 13.1 Å². The van der Waals surface area contributed by atoms with Gasteiger partial charge in [0.25, 0.3) is 5.91 Å². The zero-order valence-corrected chi connectivity index (χ0v) is 12.3. The lowest BCUT2D eigenvalue weighted by Gasteiger charge is -2.26. The Morgan fingerprint density at radius 1 is 1.00 bits per heavy atom. The normalized spacial score (nSPS) is 14.9. The summed E-state index contributed by atoms with van der Waals surface area (Å²) >= 11 is 0. The van der Waals surface area contributed by atoms with Crippen molar-refractivity contribution in [3.8, 4) is 16.9 Å². The summed E-state index contributed by atoms with van der Waals surface area (Å²) in [6, 6.07) is 11.0. The third kappa shape index (κ3) is 2.96. The summed E-state index contributed by atoms with van der Waals surface area (Å²) in [5.41, 5.74) is 1.73. The highest BCUT2D eigenvalue weighted by Crippen LogP contribution is 2.26.